The van der Waals surface area contributed by atoms with Gasteiger partial charge in [-0.15, -0.1) is 0 Å². The molecule has 0 bridgehead atoms. The van der Waals surface area contributed by atoms with Crippen molar-refractivity contribution in [1.29, 1.82) is 0 Å². The highest BCUT2D eigenvalue weighted by Crippen LogP contribution is 2.38. The predicted octanol–water partition coefficient (Wildman–Crippen LogP) is 3.59. The molecule has 1 N–H and O–H groups in total. The average Bonchev–Trinajstić information content (AvgIpc) is 3.19. The topological polar surface area (TPSA) is 77.2 Å². The zero-order chi connectivity index (χ0) is 15.0. The number of carbonyl (C=O) groups is 1. The second kappa shape index (κ2) is 5.47. The van der Waals surface area contributed by atoms with Crippen LogP contribution in [0, 0.1) is 13.7 Å². The Kier molecular flexibility index (Phi) is 3.66. The van der Waals surface area contributed by atoms with Crippen molar-refractivity contribution >= 4 is 39.9 Å². The fourth-order valence-electron chi connectivity index (χ4n) is 2.13. The van der Waals surface area contributed by atoms with Gasteiger partial charge in [-0.1, -0.05) is 0 Å². The molecule has 0 spiro atoms. The fraction of sp³-hybridized carbons (Fsp3) is 0.214. The van der Waals surface area contributed by atoms with E-state index in [1.54, 1.807) is 16.7 Å². The Morgan fingerprint density at radius 3 is 2.57 bits per heavy atom. The van der Waals surface area contributed by atoms with Crippen LogP contribution < -0.4 is 5.32 Å². The molecule has 0 atom stereocenters. The molecule has 1 aliphatic carbocycles. The Morgan fingerprint density at radius 1 is 1.33 bits per heavy atom. The molecule has 108 valence electrons. The standard InChI is InChI=1S/C14H12IN3O3/c15-9-1-3-10(4-2-9)16-14(19)13-7-12(18(20)21)8-17(13)11-5-6-11/h1-4,7-8,11H,5-6H2,(H,16,19). The third-order valence-electron chi connectivity index (χ3n) is 3.32. The number of carbonyl (C=O) groups excluding carboxylic acids is 1. The Hall–Kier alpha value is -1.90. The second-order valence-corrected chi connectivity index (χ2v) is 6.19. The zero-order valence-corrected chi connectivity index (χ0v) is 13.1. The van der Waals surface area contributed by atoms with Gasteiger partial charge in [0, 0.05) is 21.4 Å². The number of aromatic nitrogens is 1. The van der Waals surface area contributed by atoms with E-state index in [9.17, 15) is 14.9 Å². The summed E-state index contributed by atoms with van der Waals surface area (Å²) in [4.78, 5) is 22.7. The smallest absolute Gasteiger partial charge is 0.287 e. The molecule has 1 fully saturated rings. The van der Waals surface area contributed by atoms with Crippen LogP contribution in [-0.4, -0.2) is 15.4 Å². The Morgan fingerprint density at radius 2 is 2.00 bits per heavy atom. The first kappa shape index (κ1) is 14.1. The molecule has 2 aromatic rings. The molecule has 0 saturated heterocycles. The maximum Gasteiger partial charge on any atom is 0.287 e. The first-order chi connectivity index (χ1) is 10.0. The molecule has 21 heavy (non-hydrogen) atoms. The van der Waals surface area contributed by atoms with Gasteiger partial charge in [0.25, 0.3) is 11.6 Å². The van der Waals surface area contributed by atoms with E-state index < -0.39 is 4.92 Å². The van der Waals surface area contributed by atoms with E-state index in [4.69, 9.17) is 0 Å². The SMILES string of the molecule is O=C(Nc1ccc(I)cc1)c1cc([N+](=O)[O-])cn1C1CC1. The number of amides is 1. The molecule has 0 aliphatic heterocycles. The average molecular weight is 397 g/mol. The number of benzene rings is 1. The van der Waals surface area contributed by atoms with E-state index in [1.807, 2.05) is 12.1 Å². The highest BCUT2D eigenvalue weighted by atomic mass is 127. The maximum atomic E-state index is 12.3. The number of nitro groups is 1. The van der Waals surface area contributed by atoms with E-state index in [1.165, 1.54) is 12.3 Å². The minimum absolute atomic E-state index is 0.0466. The molecular weight excluding hydrogens is 385 g/mol. The molecule has 7 heteroatoms. The number of nitrogens with zero attached hydrogens (tertiary/aromatic N) is 2. The van der Waals surface area contributed by atoms with Crippen molar-refractivity contribution in [3.63, 3.8) is 0 Å². The monoisotopic (exact) mass is 397 g/mol. The van der Waals surface area contributed by atoms with Crippen LogP contribution in [-0.2, 0) is 0 Å². The summed E-state index contributed by atoms with van der Waals surface area (Å²) in [7, 11) is 0. The van der Waals surface area contributed by atoms with E-state index in [0.29, 0.717) is 11.4 Å². The van der Waals surface area contributed by atoms with Gasteiger partial charge in [-0.3, -0.25) is 14.9 Å². The molecule has 1 aromatic heterocycles. The summed E-state index contributed by atoms with van der Waals surface area (Å²) in [5.74, 6) is -0.323. The first-order valence-corrected chi connectivity index (χ1v) is 7.55. The van der Waals surface area contributed by atoms with Crippen LogP contribution >= 0.6 is 22.6 Å². The summed E-state index contributed by atoms with van der Waals surface area (Å²) in [5, 5.41) is 13.7. The van der Waals surface area contributed by atoms with Crippen molar-refractivity contribution in [2.24, 2.45) is 0 Å². The van der Waals surface area contributed by atoms with E-state index >= 15 is 0 Å². The Balaban J connectivity index is 1.86. The molecule has 1 heterocycles. The third-order valence-corrected chi connectivity index (χ3v) is 4.04. The van der Waals surface area contributed by atoms with Crippen molar-refractivity contribution in [2.45, 2.75) is 18.9 Å². The molecule has 0 unspecified atom stereocenters. The van der Waals surface area contributed by atoms with Gasteiger partial charge in [-0.2, -0.15) is 0 Å². The number of halogens is 1. The lowest BCUT2D eigenvalue weighted by atomic mass is 10.3. The molecule has 1 aliphatic rings. The number of hydrogen-bond acceptors (Lipinski definition) is 3. The highest BCUT2D eigenvalue weighted by molar-refractivity contribution is 14.1. The van der Waals surface area contributed by atoms with Crippen LogP contribution in [0.15, 0.2) is 36.5 Å². The molecular formula is C14H12IN3O3. The van der Waals surface area contributed by atoms with Crippen LogP contribution in [0.5, 0.6) is 0 Å². The molecule has 1 saturated carbocycles. The summed E-state index contributed by atoms with van der Waals surface area (Å²) in [6, 6.07) is 8.92. The third kappa shape index (κ3) is 3.07. The Labute approximate surface area is 134 Å². The van der Waals surface area contributed by atoms with Crippen molar-refractivity contribution in [3.8, 4) is 0 Å². The van der Waals surface area contributed by atoms with Gasteiger partial charge in [0.05, 0.1) is 11.1 Å². The van der Waals surface area contributed by atoms with Gasteiger partial charge in [-0.05, 0) is 59.7 Å². The van der Waals surface area contributed by atoms with E-state index in [0.717, 1.165) is 16.4 Å². The van der Waals surface area contributed by atoms with Crippen molar-refractivity contribution in [3.05, 3.63) is 55.9 Å². The minimum Gasteiger partial charge on any atom is -0.334 e. The van der Waals surface area contributed by atoms with Gasteiger partial charge in [0.1, 0.15) is 5.69 Å². The van der Waals surface area contributed by atoms with Gasteiger partial charge in [-0.25, -0.2) is 0 Å². The van der Waals surface area contributed by atoms with E-state index in [2.05, 4.69) is 27.9 Å². The summed E-state index contributed by atoms with van der Waals surface area (Å²) in [6.07, 6.45) is 3.35. The number of hydrogen-bond donors (Lipinski definition) is 1. The van der Waals surface area contributed by atoms with Crippen LogP contribution in [0.1, 0.15) is 29.4 Å². The molecule has 3 rings (SSSR count). The fourth-order valence-corrected chi connectivity index (χ4v) is 2.49. The minimum atomic E-state index is -0.472. The second-order valence-electron chi connectivity index (χ2n) is 4.94. The normalized spacial score (nSPS) is 14.0. The molecule has 6 nitrogen and oxygen atoms in total. The van der Waals surface area contributed by atoms with Crippen molar-refractivity contribution in [1.82, 2.24) is 4.57 Å². The van der Waals surface area contributed by atoms with Gasteiger partial charge >= 0.3 is 0 Å². The lowest BCUT2D eigenvalue weighted by Gasteiger charge is -2.08. The number of rotatable bonds is 4. The van der Waals surface area contributed by atoms with Crippen molar-refractivity contribution in [2.75, 3.05) is 5.32 Å². The van der Waals surface area contributed by atoms with Gasteiger partial charge < -0.3 is 9.88 Å². The quantitative estimate of drug-likeness (QED) is 0.487. The summed E-state index contributed by atoms with van der Waals surface area (Å²) in [6.45, 7) is 0. The van der Waals surface area contributed by atoms with E-state index in [-0.39, 0.29) is 17.6 Å². The largest absolute Gasteiger partial charge is 0.334 e. The highest BCUT2D eigenvalue weighted by Gasteiger charge is 2.30. The lowest BCUT2D eigenvalue weighted by Crippen LogP contribution is -2.16. The van der Waals surface area contributed by atoms with Crippen LogP contribution in [0.3, 0.4) is 0 Å². The van der Waals surface area contributed by atoms with Gasteiger partial charge in [0.15, 0.2) is 0 Å². The summed E-state index contributed by atoms with van der Waals surface area (Å²) < 4.78 is 2.78. The molecule has 1 aromatic carbocycles. The first-order valence-electron chi connectivity index (χ1n) is 6.48. The molecule has 0 radical (unpaired) electrons. The van der Waals surface area contributed by atoms with Gasteiger partial charge in [0.2, 0.25) is 0 Å². The lowest BCUT2D eigenvalue weighted by molar-refractivity contribution is -0.384. The zero-order valence-electron chi connectivity index (χ0n) is 11.0. The van der Waals surface area contributed by atoms with Crippen LogP contribution in [0.4, 0.5) is 11.4 Å². The number of anilines is 1. The van der Waals surface area contributed by atoms with Crippen molar-refractivity contribution < 1.29 is 9.72 Å². The van der Waals surface area contributed by atoms with Crippen LogP contribution in [0.2, 0.25) is 0 Å². The number of nitrogens with one attached hydrogen (secondary N) is 1. The summed E-state index contributed by atoms with van der Waals surface area (Å²) >= 11 is 2.18. The maximum absolute atomic E-state index is 12.3. The van der Waals surface area contributed by atoms with Crippen LogP contribution in [0.25, 0.3) is 0 Å². The molecule has 1 amide bonds. The predicted molar refractivity (Wildman–Crippen MR) is 86.5 cm³/mol. The Bertz CT molecular complexity index is 705. The summed E-state index contributed by atoms with van der Waals surface area (Å²) in [5.41, 5.74) is 0.962.